The fourth-order valence-electron chi connectivity index (χ4n) is 4.92. The second-order valence-corrected chi connectivity index (χ2v) is 14.1. The third-order valence-electron chi connectivity index (χ3n) is 7.65. The summed E-state index contributed by atoms with van der Waals surface area (Å²) in [6, 6.07) is 25.2. The first kappa shape index (κ1) is 36.1. The van der Waals surface area contributed by atoms with Crippen molar-refractivity contribution in [1.82, 2.24) is 10.2 Å². The van der Waals surface area contributed by atoms with Crippen LogP contribution in [-0.2, 0) is 32.6 Å². The molecule has 0 saturated carbocycles. The summed E-state index contributed by atoms with van der Waals surface area (Å²) < 4.78 is 35.0. The van der Waals surface area contributed by atoms with Gasteiger partial charge in [0.05, 0.1) is 17.7 Å². The quantitative estimate of drug-likeness (QED) is 0.147. The number of methoxy groups -OCH3 is 1. The van der Waals surface area contributed by atoms with Gasteiger partial charge in [-0.05, 0) is 66.9 Å². The Balaban J connectivity index is 1.87. The summed E-state index contributed by atoms with van der Waals surface area (Å²) in [5, 5.41) is 3.94. The van der Waals surface area contributed by atoms with Crippen LogP contribution in [0.15, 0.2) is 102 Å². The van der Waals surface area contributed by atoms with Gasteiger partial charge in [-0.2, -0.15) is 0 Å². The van der Waals surface area contributed by atoms with Gasteiger partial charge >= 0.3 is 0 Å². The van der Waals surface area contributed by atoms with E-state index in [2.05, 4.69) is 5.32 Å². The van der Waals surface area contributed by atoms with Gasteiger partial charge in [-0.15, -0.1) is 0 Å². The van der Waals surface area contributed by atoms with Crippen molar-refractivity contribution < 1.29 is 22.7 Å². The lowest BCUT2D eigenvalue weighted by Crippen LogP contribution is -2.54. The topological polar surface area (TPSA) is 96.0 Å². The molecule has 12 heteroatoms. The zero-order valence-corrected chi connectivity index (χ0v) is 29.3. The number of nitrogens with one attached hydrogen (secondary N) is 1. The number of carbonyl (C=O) groups is 2. The van der Waals surface area contributed by atoms with Crippen LogP contribution in [0.3, 0.4) is 0 Å². The van der Waals surface area contributed by atoms with Gasteiger partial charge in [0.15, 0.2) is 0 Å². The van der Waals surface area contributed by atoms with Crippen LogP contribution < -0.4 is 14.4 Å². The van der Waals surface area contributed by atoms with Crippen LogP contribution in [0.2, 0.25) is 15.1 Å². The summed E-state index contributed by atoms with van der Waals surface area (Å²) in [6.07, 6.45) is 0.824. The molecular formula is C35H36Cl3N3O5S. The SMILES string of the molecule is CC[C@H](C)NC(=O)[C@@H](Cc1ccccc1)N(Cc1ccc(Cl)cc1Cl)C(=O)CN(c1cc(Cl)ccc1OC)S(=O)(=O)c1ccccc1. The lowest BCUT2D eigenvalue weighted by Gasteiger charge is -2.34. The Morgan fingerprint density at radius 3 is 2.11 bits per heavy atom. The molecule has 248 valence electrons. The fourth-order valence-corrected chi connectivity index (χ4v) is 6.99. The van der Waals surface area contributed by atoms with Crippen molar-refractivity contribution in [3.8, 4) is 5.75 Å². The largest absolute Gasteiger partial charge is 0.495 e. The molecule has 2 amide bonds. The summed E-state index contributed by atoms with van der Waals surface area (Å²) >= 11 is 19.1. The lowest BCUT2D eigenvalue weighted by molar-refractivity contribution is -0.140. The van der Waals surface area contributed by atoms with Gasteiger partial charge in [0.2, 0.25) is 11.8 Å². The first-order chi connectivity index (χ1) is 22.4. The Kier molecular flexibility index (Phi) is 12.6. The van der Waals surface area contributed by atoms with E-state index in [1.165, 1.54) is 36.3 Å². The van der Waals surface area contributed by atoms with Gasteiger partial charge in [0.1, 0.15) is 18.3 Å². The average Bonchev–Trinajstić information content (AvgIpc) is 3.06. The highest BCUT2D eigenvalue weighted by Crippen LogP contribution is 2.35. The Morgan fingerprint density at radius 1 is 0.872 bits per heavy atom. The Bertz CT molecular complexity index is 1790. The van der Waals surface area contributed by atoms with Crippen LogP contribution in [0.5, 0.6) is 5.75 Å². The van der Waals surface area contributed by atoms with Gasteiger partial charge in [-0.25, -0.2) is 8.42 Å². The summed E-state index contributed by atoms with van der Waals surface area (Å²) in [6.45, 7) is 3.03. The van der Waals surface area contributed by atoms with Gasteiger partial charge < -0.3 is 15.0 Å². The maximum Gasteiger partial charge on any atom is 0.264 e. The molecule has 0 unspecified atom stereocenters. The Labute approximate surface area is 291 Å². The molecule has 4 aromatic rings. The minimum Gasteiger partial charge on any atom is -0.495 e. The molecule has 0 aliphatic carbocycles. The number of anilines is 1. The van der Waals surface area contributed by atoms with Crippen LogP contribution in [0.4, 0.5) is 5.69 Å². The van der Waals surface area contributed by atoms with E-state index in [1.807, 2.05) is 44.2 Å². The van der Waals surface area contributed by atoms with Crippen LogP contribution in [0.1, 0.15) is 31.4 Å². The van der Waals surface area contributed by atoms with Crippen LogP contribution >= 0.6 is 34.8 Å². The maximum atomic E-state index is 14.7. The fraction of sp³-hybridized carbons (Fsp3) is 0.257. The van der Waals surface area contributed by atoms with Crippen molar-refractivity contribution in [2.45, 2.75) is 50.2 Å². The molecule has 0 heterocycles. The van der Waals surface area contributed by atoms with E-state index in [0.717, 1.165) is 9.87 Å². The zero-order chi connectivity index (χ0) is 34.1. The highest BCUT2D eigenvalue weighted by Gasteiger charge is 2.36. The molecule has 0 aliphatic heterocycles. The van der Waals surface area contributed by atoms with Gasteiger partial charge in [-0.3, -0.25) is 13.9 Å². The standard InChI is InChI=1S/C35H36Cl3N3O5S/c1-4-24(2)39-35(43)32(19-25-11-7-5-8-12-25)40(22-26-15-16-27(36)20-30(26)38)34(42)23-41(31-21-28(37)17-18-33(31)46-3)47(44,45)29-13-9-6-10-14-29/h5-18,20-21,24,32H,4,19,22-23H2,1-3H3,(H,39,43)/t24-,32+/m0/s1. The highest BCUT2D eigenvalue weighted by atomic mass is 35.5. The number of sulfonamides is 1. The number of ether oxygens (including phenoxy) is 1. The molecule has 8 nitrogen and oxygen atoms in total. The first-order valence-electron chi connectivity index (χ1n) is 14.9. The van der Waals surface area contributed by atoms with E-state index >= 15 is 0 Å². The molecule has 0 radical (unpaired) electrons. The number of amides is 2. The summed E-state index contributed by atoms with van der Waals surface area (Å²) in [4.78, 5) is 30.0. The monoisotopic (exact) mass is 715 g/mol. The number of hydrogen-bond donors (Lipinski definition) is 1. The van der Waals surface area contributed by atoms with Crippen molar-refractivity contribution in [3.63, 3.8) is 0 Å². The Morgan fingerprint density at radius 2 is 1.49 bits per heavy atom. The smallest absolute Gasteiger partial charge is 0.264 e. The second kappa shape index (κ2) is 16.4. The summed E-state index contributed by atoms with van der Waals surface area (Å²) in [5.41, 5.74) is 1.39. The van der Waals surface area contributed by atoms with E-state index in [9.17, 15) is 18.0 Å². The minimum atomic E-state index is -4.34. The van der Waals surface area contributed by atoms with E-state index in [1.54, 1.807) is 42.5 Å². The molecule has 0 spiro atoms. The normalized spacial score (nSPS) is 12.6. The number of carbonyl (C=O) groups excluding carboxylic acids is 2. The number of nitrogens with zero attached hydrogens (tertiary/aromatic N) is 2. The third kappa shape index (κ3) is 9.20. The first-order valence-corrected chi connectivity index (χ1v) is 17.5. The molecule has 4 rings (SSSR count). The number of hydrogen-bond acceptors (Lipinski definition) is 5. The predicted molar refractivity (Wildman–Crippen MR) is 188 cm³/mol. The molecule has 1 N–H and O–H groups in total. The van der Waals surface area contributed by atoms with Crippen molar-refractivity contribution in [1.29, 1.82) is 0 Å². The summed E-state index contributed by atoms with van der Waals surface area (Å²) in [5.74, 6) is -0.860. The van der Waals surface area contributed by atoms with E-state index in [-0.39, 0.29) is 46.3 Å². The minimum absolute atomic E-state index is 0.0440. The van der Waals surface area contributed by atoms with E-state index < -0.39 is 28.5 Å². The molecule has 0 fully saturated rings. The number of halogens is 3. The van der Waals surface area contributed by atoms with Crippen molar-refractivity contribution >= 4 is 62.3 Å². The Hall–Kier alpha value is -3.76. The average molecular weight is 717 g/mol. The number of benzene rings is 4. The molecule has 0 bridgehead atoms. The molecular weight excluding hydrogens is 681 g/mol. The van der Waals surface area contributed by atoms with Gasteiger partial charge in [-0.1, -0.05) is 96.3 Å². The number of rotatable bonds is 14. The molecule has 0 saturated heterocycles. The van der Waals surface area contributed by atoms with Crippen molar-refractivity contribution in [2.75, 3.05) is 18.0 Å². The molecule has 47 heavy (non-hydrogen) atoms. The molecule has 0 aliphatic rings. The third-order valence-corrected chi connectivity index (χ3v) is 10.2. The predicted octanol–water partition coefficient (Wildman–Crippen LogP) is 7.41. The van der Waals surface area contributed by atoms with Crippen molar-refractivity contribution in [3.05, 3.63) is 123 Å². The molecule has 2 atom stereocenters. The van der Waals surface area contributed by atoms with E-state index in [0.29, 0.717) is 22.0 Å². The van der Waals surface area contributed by atoms with Crippen LogP contribution in [0.25, 0.3) is 0 Å². The maximum absolute atomic E-state index is 14.7. The van der Waals surface area contributed by atoms with Gasteiger partial charge in [0, 0.05) is 34.1 Å². The van der Waals surface area contributed by atoms with Crippen LogP contribution in [-0.4, -0.2) is 50.9 Å². The van der Waals surface area contributed by atoms with Crippen LogP contribution in [0, 0.1) is 0 Å². The van der Waals surface area contributed by atoms with E-state index in [4.69, 9.17) is 39.5 Å². The lowest BCUT2D eigenvalue weighted by atomic mass is 10.0. The molecule has 4 aromatic carbocycles. The van der Waals surface area contributed by atoms with Gasteiger partial charge in [0.25, 0.3) is 10.0 Å². The second-order valence-electron chi connectivity index (χ2n) is 10.9. The van der Waals surface area contributed by atoms with Crippen molar-refractivity contribution in [2.24, 2.45) is 0 Å². The zero-order valence-electron chi connectivity index (χ0n) is 26.2. The molecule has 0 aromatic heterocycles. The highest BCUT2D eigenvalue weighted by molar-refractivity contribution is 7.92. The summed E-state index contributed by atoms with van der Waals surface area (Å²) in [7, 11) is -2.95.